The predicted octanol–water partition coefficient (Wildman–Crippen LogP) is 2.85. The van der Waals surface area contributed by atoms with Crippen LogP contribution in [0, 0.1) is 10.8 Å². The number of hydrogen-bond acceptors (Lipinski definition) is 8. The van der Waals surface area contributed by atoms with Gasteiger partial charge in [0.2, 0.25) is 11.8 Å². The molecular weight excluding hydrogens is 588 g/mol. The molecule has 0 aliphatic carbocycles. The number of halogens is 1. The highest BCUT2D eigenvalue weighted by Gasteiger charge is 2.45. The second-order valence-electron chi connectivity index (χ2n) is 11.8. The van der Waals surface area contributed by atoms with Crippen LogP contribution in [0.3, 0.4) is 0 Å². The number of likely N-dealkylation sites (tertiary alicyclic amines) is 1. The van der Waals surface area contributed by atoms with Crippen LogP contribution in [0.4, 0.5) is 11.6 Å². The van der Waals surface area contributed by atoms with Crippen LogP contribution in [0.2, 0.25) is 0 Å². The smallest absolute Gasteiger partial charge is 0.328 e. The van der Waals surface area contributed by atoms with Gasteiger partial charge in [-0.1, -0.05) is 0 Å². The van der Waals surface area contributed by atoms with Gasteiger partial charge in [0, 0.05) is 24.5 Å². The Hall–Kier alpha value is -4.13. The first kappa shape index (κ1) is 32.8. The van der Waals surface area contributed by atoms with E-state index in [4.69, 9.17) is 10.2 Å². The van der Waals surface area contributed by atoms with Gasteiger partial charge in [-0.05, 0) is 118 Å². The average Bonchev–Trinajstić information content (AvgIpc) is 2.98. The number of carbonyl (C=O) groups is 4. The van der Waals surface area contributed by atoms with E-state index in [0.29, 0.717) is 24.5 Å². The van der Waals surface area contributed by atoms with Gasteiger partial charge in [-0.25, -0.2) is 19.6 Å². The topological polar surface area (TPSA) is 174 Å². The number of amides is 2. The Balaban J connectivity index is 0.000000197. The van der Waals surface area contributed by atoms with Crippen LogP contribution in [0.1, 0.15) is 47.9 Å². The minimum absolute atomic E-state index is 0. The molecular formula is C31H37ClN6O6. The molecule has 4 aliphatic heterocycles. The normalized spacial score (nSPS) is 20.1. The number of nitrogens with zero attached hydrogens (tertiary/aromatic N) is 3. The Morgan fingerprint density at radius 3 is 1.66 bits per heavy atom. The predicted molar refractivity (Wildman–Crippen MR) is 167 cm³/mol. The van der Waals surface area contributed by atoms with Crippen molar-refractivity contribution in [2.75, 3.05) is 43.9 Å². The van der Waals surface area contributed by atoms with Crippen molar-refractivity contribution in [1.82, 2.24) is 20.2 Å². The Bertz CT molecular complexity index is 1490. The number of carboxylic acid groups (broad SMARTS) is 2. The first-order valence-electron chi connectivity index (χ1n) is 14.4. The molecule has 12 nitrogen and oxygen atoms in total. The zero-order valence-electron chi connectivity index (χ0n) is 24.5. The number of aromatic nitrogens is 2. The summed E-state index contributed by atoms with van der Waals surface area (Å²) in [6.07, 6.45) is 13.0. The quantitative estimate of drug-likeness (QED) is 0.318. The number of carbonyl (C=O) groups excluding carboxylic acids is 2. The van der Waals surface area contributed by atoms with Crippen LogP contribution < -0.4 is 16.0 Å². The molecule has 2 aromatic rings. The highest BCUT2D eigenvalue weighted by Crippen LogP contribution is 2.41. The maximum atomic E-state index is 12.5. The van der Waals surface area contributed by atoms with Crippen LogP contribution in [-0.2, 0) is 32.0 Å². The molecule has 0 bridgehead atoms. The van der Waals surface area contributed by atoms with Crippen molar-refractivity contribution < 1.29 is 29.4 Å². The first-order chi connectivity index (χ1) is 20.6. The largest absolute Gasteiger partial charge is 0.478 e. The summed E-state index contributed by atoms with van der Waals surface area (Å²) in [5.41, 5.74) is 2.73. The summed E-state index contributed by atoms with van der Waals surface area (Å²) in [4.78, 5) is 56.7. The molecule has 6 heterocycles. The molecule has 2 fully saturated rings. The molecule has 0 unspecified atom stereocenters. The zero-order valence-corrected chi connectivity index (χ0v) is 25.3. The Labute approximate surface area is 261 Å². The van der Waals surface area contributed by atoms with Crippen LogP contribution in [0.25, 0.3) is 12.2 Å². The van der Waals surface area contributed by atoms with Gasteiger partial charge in [-0.15, -0.1) is 12.4 Å². The van der Waals surface area contributed by atoms with Crippen LogP contribution >= 0.6 is 12.4 Å². The fourth-order valence-corrected chi connectivity index (χ4v) is 6.20. The zero-order chi connectivity index (χ0) is 30.6. The van der Waals surface area contributed by atoms with Crippen molar-refractivity contribution in [3.05, 3.63) is 58.9 Å². The molecule has 5 N–H and O–H groups in total. The van der Waals surface area contributed by atoms with E-state index in [1.165, 1.54) is 12.2 Å². The van der Waals surface area contributed by atoms with Crippen molar-refractivity contribution in [2.45, 2.75) is 38.5 Å². The summed E-state index contributed by atoms with van der Waals surface area (Å²) in [6, 6.07) is 3.83. The number of hydrogen-bond donors (Lipinski definition) is 5. The number of fused-ring (bicyclic) bond motifs is 2. The van der Waals surface area contributed by atoms with E-state index >= 15 is 0 Å². The highest BCUT2D eigenvalue weighted by molar-refractivity contribution is 5.98. The lowest BCUT2D eigenvalue weighted by atomic mass is 9.71. The number of aliphatic carboxylic acids is 2. The van der Waals surface area contributed by atoms with Gasteiger partial charge in [0.05, 0.1) is 10.8 Å². The molecule has 13 heteroatoms. The second kappa shape index (κ2) is 13.7. The fraction of sp³-hybridized carbons (Fsp3) is 0.419. The van der Waals surface area contributed by atoms with Crippen molar-refractivity contribution in [3.63, 3.8) is 0 Å². The Morgan fingerprint density at radius 1 is 0.795 bits per heavy atom. The molecule has 0 saturated carbocycles. The van der Waals surface area contributed by atoms with E-state index in [1.54, 1.807) is 12.4 Å². The number of piperidine rings is 2. The van der Waals surface area contributed by atoms with Crippen LogP contribution in [0.15, 0.2) is 36.7 Å². The van der Waals surface area contributed by atoms with Gasteiger partial charge in [-0.2, -0.15) is 0 Å². The first-order valence-corrected chi connectivity index (χ1v) is 14.4. The second-order valence-corrected chi connectivity index (χ2v) is 11.8. The van der Waals surface area contributed by atoms with Crippen molar-refractivity contribution >= 4 is 59.9 Å². The number of nitrogens with one attached hydrogen (secondary N) is 3. The molecule has 0 atom stereocenters. The van der Waals surface area contributed by atoms with E-state index in [9.17, 15) is 19.2 Å². The maximum absolute atomic E-state index is 12.5. The van der Waals surface area contributed by atoms with Gasteiger partial charge < -0.3 is 31.1 Å². The lowest BCUT2D eigenvalue weighted by molar-refractivity contribution is -0.132. The molecule has 0 radical (unpaired) electrons. The molecule has 2 saturated heterocycles. The van der Waals surface area contributed by atoms with Crippen molar-refractivity contribution in [1.29, 1.82) is 0 Å². The Morgan fingerprint density at radius 2 is 1.23 bits per heavy atom. The molecule has 6 rings (SSSR count). The number of carboxylic acids is 2. The summed E-state index contributed by atoms with van der Waals surface area (Å²) in [5, 5.41) is 26.5. The van der Waals surface area contributed by atoms with Gasteiger partial charge in [0.15, 0.2) is 0 Å². The van der Waals surface area contributed by atoms with Gasteiger partial charge in [-0.3, -0.25) is 9.59 Å². The summed E-state index contributed by atoms with van der Waals surface area (Å²) < 4.78 is 0. The monoisotopic (exact) mass is 624 g/mol. The molecule has 234 valence electrons. The molecule has 2 aromatic heterocycles. The highest BCUT2D eigenvalue weighted by atomic mass is 35.5. The lowest BCUT2D eigenvalue weighted by Gasteiger charge is -2.42. The summed E-state index contributed by atoms with van der Waals surface area (Å²) in [7, 11) is 2.07. The van der Waals surface area contributed by atoms with E-state index in [-0.39, 0.29) is 35.1 Å². The molecule has 2 amide bonds. The molecule has 0 aromatic carbocycles. The molecule has 44 heavy (non-hydrogen) atoms. The standard InChI is InChI=1S/C16H19N3O3.C15H17N3O3.ClH/c1-19-6-4-16(5-7-19)9-12-8-11(2-3-13(20)21)10-17-14(12)18-15(16)22;19-12(20)2-1-10-7-11-8-15(3-5-16-6-4-15)14(21)18-13(11)17-9-10;/h2-3,8,10H,4-7,9H2,1H3,(H,20,21)(H,17,18,22);1-2,7,9,16H,3-6,8H2,(H,19,20)(H,17,18,21);1H/b3-2+;2-1+;. The number of rotatable bonds is 4. The molecule has 4 aliphatic rings. The van der Waals surface area contributed by atoms with E-state index in [2.05, 4.69) is 37.9 Å². The summed E-state index contributed by atoms with van der Waals surface area (Å²) >= 11 is 0. The number of anilines is 2. The molecule has 2 spiro atoms. The third-order valence-electron chi connectivity index (χ3n) is 8.80. The van der Waals surface area contributed by atoms with E-state index in [1.807, 2.05) is 12.1 Å². The van der Waals surface area contributed by atoms with E-state index < -0.39 is 11.9 Å². The minimum atomic E-state index is -0.990. The van der Waals surface area contributed by atoms with Gasteiger partial charge in [0.25, 0.3) is 0 Å². The third kappa shape index (κ3) is 7.32. The lowest BCUT2D eigenvalue weighted by Crippen LogP contribution is -2.49. The van der Waals surface area contributed by atoms with Crippen molar-refractivity contribution in [3.8, 4) is 0 Å². The van der Waals surface area contributed by atoms with Crippen LogP contribution in [-0.4, -0.2) is 82.1 Å². The SMILES string of the molecule is CN1CCC2(CC1)Cc1cc(/C=C/C(=O)O)cnc1NC2=O.Cl.O=C(O)/C=C/c1cnc2c(c1)CC1(CCNCC1)C(=O)N2. The fourth-order valence-electron chi connectivity index (χ4n) is 6.20. The van der Waals surface area contributed by atoms with Gasteiger partial charge in [0.1, 0.15) is 11.6 Å². The summed E-state index contributed by atoms with van der Waals surface area (Å²) in [5.74, 6) is -0.667. The minimum Gasteiger partial charge on any atom is -0.478 e. The van der Waals surface area contributed by atoms with Crippen molar-refractivity contribution in [2.24, 2.45) is 10.8 Å². The number of pyridine rings is 2. The van der Waals surface area contributed by atoms with Gasteiger partial charge >= 0.3 is 11.9 Å². The maximum Gasteiger partial charge on any atom is 0.328 e. The van der Waals surface area contributed by atoms with Crippen LogP contribution in [0.5, 0.6) is 0 Å². The Kier molecular flexibility index (Phi) is 10.2. The average molecular weight is 625 g/mol. The summed E-state index contributed by atoms with van der Waals surface area (Å²) in [6.45, 7) is 3.51. The third-order valence-corrected chi connectivity index (χ3v) is 8.80. The van der Waals surface area contributed by atoms with E-state index in [0.717, 1.165) is 86.3 Å².